The van der Waals surface area contributed by atoms with Crippen LogP contribution in [0.15, 0.2) is 18.2 Å². The van der Waals surface area contributed by atoms with E-state index in [-0.39, 0.29) is 11.7 Å². The van der Waals surface area contributed by atoms with Crippen molar-refractivity contribution in [3.63, 3.8) is 0 Å². The highest BCUT2D eigenvalue weighted by molar-refractivity contribution is 5.96. The van der Waals surface area contributed by atoms with E-state index in [1.165, 1.54) is 13.2 Å². The first-order chi connectivity index (χ1) is 8.49. The van der Waals surface area contributed by atoms with Crippen LogP contribution in [-0.2, 0) is 0 Å². The van der Waals surface area contributed by atoms with E-state index < -0.39 is 0 Å². The molecule has 0 bridgehead atoms. The Hall–Kier alpha value is -1.71. The molecular weight excluding hydrogens is 230 g/mol. The first-order valence-electron chi connectivity index (χ1n) is 6.12. The number of rotatable bonds is 5. The molecule has 1 aromatic rings. The summed E-state index contributed by atoms with van der Waals surface area (Å²) in [5, 5.41) is 9.81. The van der Waals surface area contributed by atoms with Gasteiger partial charge in [0.15, 0.2) is 0 Å². The highest BCUT2D eigenvalue weighted by atomic mass is 16.5. The molecule has 0 radical (unpaired) electrons. The van der Waals surface area contributed by atoms with Gasteiger partial charge in [0, 0.05) is 19.7 Å². The molecule has 4 nitrogen and oxygen atoms in total. The Balaban J connectivity index is 2.83. The molecule has 1 N–H and O–H groups in total. The van der Waals surface area contributed by atoms with Gasteiger partial charge in [0.25, 0.3) is 5.91 Å². The molecule has 0 aliphatic heterocycles. The summed E-state index contributed by atoms with van der Waals surface area (Å²) in [5.41, 5.74) is 0.307. The summed E-state index contributed by atoms with van der Waals surface area (Å²) in [5.74, 6) is 0.763. The van der Waals surface area contributed by atoms with Gasteiger partial charge in [-0.2, -0.15) is 0 Å². The number of aromatic hydroxyl groups is 1. The molecule has 0 aromatic heterocycles. The number of phenolic OH excluding ortho intramolecular Hbond substituents is 1. The number of carbonyl (C=O) groups is 1. The molecule has 0 saturated carbocycles. The zero-order valence-corrected chi connectivity index (χ0v) is 11.4. The fourth-order valence-electron chi connectivity index (χ4n) is 1.70. The lowest BCUT2D eigenvalue weighted by molar-refractivity contribution is 0.0772. The number of ether oxygens (including phenoxy) is 1. The molecule has 18 heavy (non-hydrogen) atoms. The second kappa shape index (κ2) is 6.28. The van der Waals surface area contributed by atoms with Gasteiger partial charge in [-0.25, -0.2) is 0 Å². The average Bonchev–Trinajstić information content (AvgIpc) is 2.37. The van der Waals surface area contributed by atoms with Gasteiger partial charge in [0.2, 0.25) is 0 Å². The number of benzene rings is 1. The lowest BCUT2D eigenvalue weighted by Crippen LogP contribution is -2.30. The van der Waals surface area contributed by atoms with E-state index in [1.54, 1.807) is 24.1 Å². The van der Waals surface area contributed by atoms with Crippen LogP contribution in [-0.4, -0.2) is 36.6 Å². The quantitative estimate of drug-likeness (QED) is 0.874. The van der Waals surface area contributed by atoms with Crippen LogP contribution in [0.25, 0.3) is 0 Å². The topological polar surface area (TPSA) is 49.8 Å². The molecule has 1 aromatic carbocycles. The largest absolute Gasteiger partial charge is 0.507 e. The lowest BCUT2D eigenvalue weighted by atomic mass is 10.1. The van der Waals surface area contributed by atoms with Crippen LogP contribution in [0, 0.1) is 5.92 Å². The maximum Gasteiger partial charge on any atom is 0.257 e. The Morgan fingerprint density at radius 1 is 1.50 bits per heavy atom. The second-order valence-electron chi connectivity index (χ2n) is 4.58. The predicted octanol–water partition coefficient (Wildman–Crippen LogP) is 2.52. The highest BCUT2D eigenvalue weighted by Crippen LogP contribution is 2.24. The number of phenols is 1. The van der Waals surface area contributed by atoms with Crippen molar-refractivity contribution in [3.05, 3.63) is 23.8 Å². The molecule has 0 saturated heterocycles. The summed E-state index contributed by atoms with van der Waals surface area (Å²) in [6, 6.07) is 4.71. The molecule has 0 spiro atoms. The van der Waals surface area contributed by atoms with E-state index in [0.717, 1.165) is 6.42 Å². The highest BCUT2D eigenvalue weighted by Gasteiger charge is 2.17. The molecule has 1 rings (SSSR count). The fraction of sp³-hybridized carbons (Fsp3) is 0.500. The third-order valence-electron chi connectivity index (χ3n) is 3.06. The van der Waals surface area contributed by atoms with E-state index in [1.807, 2.05) is 0 Å². The summed E-state index contributed by atoms with van der Waals surface area (Å²) >= 11 is 0. The summed E-state index contributed by atoms with van der Waals surface area (Å²) in [6.07, 6.45) is 1.02. The van der Waals surface area contributed by atoms with E-state index in [4.69, 9.17) is 4.74 Å². The standard InChI is InChI=1S/C14H21NO3/c1-5-10(2)9-15(3)14(17)12-7-6-11(18-4)8-13(12)16/h6-8,10,16H,5,9H2,1-4H3. The average molecular weight is 251 g/mol. The first kappa shape index (κ1) is 14.4. The Labute approximate surface area is 108 Å². The van der Waals surface area contributed by atoms with E-state index in [2.05, 4.69) is 13.8 Å². The molecule has 0 heterocycles. The van der Waals surface area contributed by atoms with E-state index in [9.17, 15) is 9.90 Å². The molecule has 0 fully saturated rings. The Morgan fingerprint density at radius 3 is 2.67 bits per heavy atom. The maximum atomic E-state index is 12.1. The number of methoxy groups -OCH3 is 1. The summed E-state index contributed by atoms with van der Waals surface area (Å²) in [6.45, 7) is 4.87. The SMILES string of the molecule is CCC(C)CN(C)C(=O)c1ccc(OC)cc1O. The zero-order chi connectivity index (χ0) is 13.7. The molecule has 0 aliphatic carbocycles. The molecule has 4 heteroatoms. The molecule has 0 aliphatic rings. The van der Waals surface area contributed by atoms with Crippen LogP contribution in [0.3, 0.4) is 0 Å². The van der Waals surface area contributed by atoms with Gasteiger partial charge in [-0.05, 0) is 18.1 Å². The molecule has 1 atom stereocenters. The van der Waals surface area contributed by atoms with Gasteiger partial charge < -0.3 is 14.7 Å². The molecular formula is C14H21NO3. The normalized spacial score (nSPS) is 12.0. The van der Waals surface area contributed by atoms with Gasteiger partial charge in [-0.15, -0.1) is 0 Å². The second-order valence-corrected chi connectivity index (χ2v) is 4.58. The monoisotopic (exact) mass is 251 g/mol. The third kappa shape index (κ3) is 3.39. The van der Waals surface area contributed by atoms with Gasteiger partial charge in [-0.3, -0.25) is 4.79 Å². The van der Waals surface area contributed by atoms with Gasteiger partial charge in [-0.1, -0.05) is 20.3 Å². The van der Waals surface area contributed by atoms with E-state index in [0.29, 0.717) is 23.8 Å². The van der Waals surface area contributed by atoms with Crippen molar-refractivity contribution in [2.24, 2.45) is 5.92 Å². The Bertz CT molecular complexity index is 418. The Morgan fingerprint density at radius 2 is 2.17 bits per heavy atom. The number of amides is 1. The van der Waals surface area contributed by atoms with Crippen LogP contribution in [0.5, 0.6) is 11.5 Å². The smallest absolute Gasteiger partial charge is 0.257 e. The number of hydrogen-bond acceptors (Lipinski definition) is 3. The number of nitrogens with zero attached hydrogens (tertiary/aromatic N) is 1. The van der Waals surface area contributed by atoms with Gasteiger partial charge in [0.05, 0.1) is 12.7 Å². The van der Waals surface area contributed by atoms with Crippen molar-refractivity contribution in [3.8, 4) is 11.5 Å². The molecule has 100 valence electrons. The molecule has 1 unspecified atom stereocenters. The number of hydrogen-bond donors (Lipinski definition) is 1. The van der Waals surface area contributed by atoms with Crippen LogP contribution >= 0.6 is 0 Å². The van der Waals surface area contributed by atoms with Crippen LogP contribution in [0.4, 0.5) is 0 Å². The number of carbonyl (C=O) groups excluding carboxylic acids is 1. The minimum Gasteiger partial charge on any atom is -0.507 e. The van der Waals surface area contributed by atoms with Crippen molar-refractivity contribution < 1.29 is 14.6 Å². The van der Waals surface area contributed by atoms with Crippen molar-refractivity contribution in [2.45, 2.75) is 20.3 Å². The predicted molar refractivity (Wildman–Crippen MR) is 71.1 cm³/mol. The molecule has 1 amide bonds. The maximum absolute atomic E-state index is 12.1. The van der Waals surface area contributed by atoms with Crippen LogP contribution in [0.2, 0.25) is 0 Å². The van der Waals surface area contributed by atoms with Crippen LogP contribution < -0.4 is 4.74 Å². The fourth-order valence-corrected chi connectivity index (χ4v) is 1.70. The minimum atomic E-state index is -0.171. The lowest BCUT2D eigenvalue weighted by Gasteiger charge is -2.21. The first-order valence-corrected chi connectivity index (χ1v) is 6.12. The third-order valence-corrected chi connectivity index (χ3v) is 3.06. The van der Waals surface area contributed by atoms with Crippen LogP contribution in [0.1, 0.15) is 30.6 Å². The van der Waals surface area contributed by atoms with Crippen molar-refractivity contribution in [1.29, 1.82) is 0 Å². The van der Waals surface area contributed by atoms with Crippen molar-refractivity contribution in [1.82, 2.24) is 4.90 Å². The van der Waals surface area contributed by atoms with E-state index >= 15 is 0 Å². The Kier molecular flexibility index (Phi) is 5.01. The van der Waals surface area contributed by atoms with Gasteiger partial charge >= 0.3 is 0 Å². The summed E-state index contributed by atoms with van der Waals surface area (Å²) in [7, 11) is 3.27. The van der Waals surface area contributed by atoms with Gasteiger partial charge in [0.1, 0.15) is 11.5 Å². The summed E-state index contributed by atoms with van der Waals surface area (Å²) < 4.78 is 4.99. The van der Waals surface area contributed by atoms with Crippen molar-refractivity contribution >= 4 is 5.91 Å². The zero-order valence-electron chi connectivity index (χ0n) is 11.4. The van der Waals surface area contributed by atoms with Crippen molar-refractivity contribution in [2.75, 3.05) is 20.7 Å². The minimum absolute atomic E-state index is 0.0460. The summed E-state index contributed by atoms with van der Waals surface area (Å²) in [4.78, 5) is 13.8.